The molecule has 0 spiro atoms. The van der Waals surface area contributed by atoms with Crippen molar-refractivity contribution in [3.63, 3.8) is 0 Å². The third kappa shape index (κ3) is 15.5. The fraction of sp³-hybridized carbons (Fsp3) is 0.900. The monoisotopic (exact) mass is 559 g/mol. The number of aliphatic hydroxyl groups excluding tert-OH is 5. The number of carbonyl (C=O) groups is 1. The maximum atomic E-state index is 12.2. The summed E-state index contributed by atoms with van der Waals surface area (Å²) < 4.78 is 10.9. The van der Waals surface area contributed by atoms with Gasteiger partial charge in [0.15, 0.2) is 6.29 Å². The highest BCUT2D eigenvalue weighted by atomic mass is 16.7. The van der Waals surface area contributed by atoms with E-state index in [0.717, 1.165) is 19.3 Å². The van der Waals surface area contributed by atoms with Gasteiger partial charge in [-0.15, -0.1) is 0 Å². The standard InChI is InChI=1S/C30H57NO8/c1-3-5-6-7-8-9-10-11-12-13-14-15-16-17-18-20-24(33)23(31-26(34)19-4-2)22-38-30-29(37)28(36)27(35)25(21-32)39-30/h18,20,23-25,27-30,32-33,35-37H,3-17,19,21-22H2,1-2H3,(H,31,34)/b20-18+. The van der Waals surface area contributed by atoms with Crippen LogP contribution in [0, 0.1) is 0 Å². The van der Waals surface area contributed by atoms with Gasteiger partial charge in [0.1, 0.15) is 24.4 Å². The lowest BCUT2D eigenvalue weighted by Gasteiger charge is -2.40. The quantitative estimate of drug-likeness (QED) is 0.0823. The second-order valence-electron chi connectivity index (χ2n) is 10.9. The zero-order valence-electron chi connectivity index (χ0n) is 24.4. The highest BCUT2D eigenvalue weighted by molar-refractivity contribution is 5.76. The first kappa shape index (κ1) is 36.0. The molecule has 0 bridgehead atoms. The minimum absolute atomic E-state index is 0.192. The molecule has 0 aromatic carbocycles. The minimum atomic E-state index is -1.56. The van der Waals surface area contributed by atoms with E-state index in [1.54, 1.807) is 6.08 Å². The molecule has 1 aliphatic heterocycles. The Balaban J connectivity index is 2.34. The van der Waals surface area contributed by atoms with Gasteiger partial charge in [0.2, 0.25) is 5.91 Å². The molecule has 1 rings (SSSR count). The van der Waals surface area contributed by atoms with Crippen molar-refractivity contribution in [2.45, 2.75) is 159 Å². The molecular formula is C30H57NO8. The Labute approximate surface area is 236 Å². The van der Waals surface area contributed by atoms with Crippen LogP contribution in [0.15, 0.2) is 12.2 Å². The molecule has 7 unspecified atom stereocenters. The van der Waals surface area contributed by atoms with Crippen molar-refractivity contribution < 1.29 is 39.8 Å². The molecule has 6 N–H and O–H groups in total. The van der Waals surface area contributed by atoms with Crippen LogP contribution < -0.4 is 5.32 Å². The van der Waals surface area contributed by atoms with Gasteiger partial charge >= 0.3 is 0 Å². The van der Waals surface area contributed by atoms with E-state index < -0.39 is 49.5 Å². The third-order valence-electron chi connectivity index (χ3n) is 7.33. The molecule has 7 atom stereocenters. The normalized spacial score (nSPS) is 25.2. The predicted octanol–water partition coefficient (Wildman–Crippen LogP) is 3.49. The van der Waals surface area contributed by atoms with Crippen molar-refractivity contribution in [2.75, 3.05) is 13.2 Å². The Bertz CT molecular complexity index is 632. The SMILES string of the molecule is CCCCCCCCCCCCCCC/C=C/C(O)C(COC1OC(CO)C(O)C(O)C1O)NC(=O)CCC. The number of carbonyl (C=O) groups excluding carboxylic acids is 1. The van der Waals surface area contributed by atoms with Gasteiger partial charge in [-0.05, 0) is 19.3 Å². The third-order valence-corrected chi connectivity index (χ3v) is 7.33. The summed E-state index contributed by atoms with van der Waals surface area (Å²) >= 11 is 0. The number of ether oxygens (including phenoxy) is 2. The van der Waals surface area contributed by atoms with E-state index in [1.165, 1.54) is 70.6 Å². The summed E-state index contributed by atoms with van der Waals surface area (Å²) in [6.45, 7) is 3.38. The molecule has 0 aromatic heterocycles. The number of hydrogen-bond acceptors (Lipinski definition) is 8. The fourth-order valence-corrected chi connectivity index (χ4v) is 4.78. The Morgan fingerprint density at radius 3 is 1.95 bits per heavy atom. The summed E-state index contributed by atoms with van der Waals surface area (Å²) in [5.74, 6) is -0.233. The Kier molecular flexibility index (Phi) is 20.8. The largest absolute Gasteiger partial charge is 0.394 e. The topological polar surface area (TPSA) is 149 Å². The molecule has 0 aromatic rings. The van der Waals surface area contributed by atoms with Crippen LogP contribution in [0.2, 0.25) is 0 Å². The second kappa shape index (κ2) is 22.6. The molecule has 0 saturated carbocycles. The Morgan fingerprint density at radius 2 is 1.41 bits per heavy atom. The molecule has 39 heavy (non-hydrogen) atoms. The zero-order chi connectivity index (χ0) is 28.9. The van der Waals surface area contributed by atoms with Gasteiger partial charge in [0, 0.05) is 6.42 Å². The van der Waals surface area contributed by atoms with Crippen LogP contribution >= 0.6 is 0 Å². The van der Waals surface area contributed by atoms with E-state index in [4.69, 9.17) is 9.47 Å². The maximum absolute atomic E-state index is 12.2. The van der Waals surface area contributed by atoms with Crippen molar-refractivity contribution in [2.24, 2.45) is 0 Å². The van der Waals surface area contributed by atoms with Gasteiger partial charge in [-0.25, -0.2) is 0 Å². The molecule has 230 valence electrons. The molecule has 9 heteroatoms. The van der Waals surface area contributed by atoms with Gasteiger partial charge in [-0.2, -0.15) is 0 Å². The van der Waals surface area contributed by atoms with Crippen molar-refractivity contribution in [1.29, 1.82) is 0 Å². The van der Waals surface area contributed by atoms with Crippen LogP contribution in [-0.2, 0) is 14.3 Å². The number of rotatable bonds is 23. The van der Waals surface area contributed by atoms with Crippen molar-refractivity contribution in [1.82, 2.24) is 5.32 Å². The highest BCUT2D eigenvalue weighted by Crippen LogP contribution is 2.22. The fourth-order valence-electron chi connectivity index (χ4n) is 4.78. The van der Waals surface area contributed by atoms with E-state index in [9.17, 15) is 30.3 Å². The molecule has 1 amide bonds. The van der Waals surface area contributed by atoms with Gasteiger partial charge in [0.05, 0.1) is 25.4 Å². The average Bonchev–Trinajstić information content (AvgIpc) is 2.92. The van der Waals surface area contributed by atoms with Gasteiger partial charge in [-0.1, -0.05) is 103 Å². The Morgan fingerprint density at radius 1 is 0.846 bits per heavy atom. The minimum Gasteiger partial charge on any atom is -0.394 e. The van der Waals surface area contributed by atoms with Crippen LogP contribution in [-0.4, -0.2) is 87.5 Å². The number of unbranched alkanes of at least 4 members (excludes halogenated alkanes) is 13. The van der Waals surface area contributed by atoms with Crippen molar-refractivity contribution in [3.05, 3.63) is 12.2 Å². The molecular weight excluding hydrogens is 502 g/mol. The summed E-state index contributed by atoms with van der Waals surface area (Å²) in [4.78, 5) is 12.2. The molecule has 1 aliphatic rings. The molecule has 0 aliphatic carbocycles. The first-order valence-electron chi connectivity index (χ1n) is 15.4. The molecule has 0 radical (unpaired) electrons. The van der Waals surface area contributed by atoms with Crippen LogP contribution in [0.5, 0.6) is 0 Å². The average molecular weight is 560 g/mol. The summed E-state index contributed by atoms with van der Waals surface area (Å²) in [7, 11) is 0. The number of allylic oxidation sites excluding steroid dienone is 1. The van der Waals surface area contributed by atoms with Crippen LogP contribution in [0.1, 0.15) is 117 Å². The summed E-state index contributed by atoms with van der Waals surface area (Å²) in [5.41, 5.74) is 0. The van der Waals surface area contributed by atoms with Crippen molar-refractivity contribution in [3.8, 4) is 0 Å². The van der Waals surface area contributed by atoms with E-state index in [0.29, 0.717) is 12.8 Å². The van der Waals surface area contributed by atoms with Gasteiger partial charge < -0.3 is 40.3 Å². The molecule has 1 heterocycles. The molecule has 9 nitrogen and oxygen atoms in total. The first-order valence-corrected chi connectivity index (χ1v) is 15.4. The lowest BCUT2D eigenvalue weighted by molar-refractivity contribution is -0.302. The summed E-state index contributed by atoms with van der Waals surface area (Å²) in [6.07, 6.45) is 14.1. The Hall–Kier alpha value is -1.07. The van der Waals surface area contributed by atoms with Crippen LogP contribution in [0.25, 0.3) is 0 Å². The van der Waals surface area contributed by atoms with E-state index in [1.807, 2.05) is 13.0 Å². The number of aliphatic hydroxyl groups is 5. The zero-order valence-corrected chi connectivity index (χ0v) is 24.4. The van der Waals surface area contributed by atoms with Crippen LogP contribution in [0.3, 0.4) is 0 Å². The second-order valence-corrected chi connectivity index (χ2v) is 10.9. The maximum Gasteiger partial charge on any atom is 0.220 e. The molecule has 1 fully saturated rings. The number of amides is 1. The smallest absolute Gasteiger partial charge is 0.220 e. The first-order chi connectivity index (χ1) is 18.8. The predicted molar refractivity (Wildman–Crippen MR) is 152 cm³/mol. The highest BCUT2D eigenvalue weighted by Gasteiger charge is 2.44. The van der Waals surface area contributed by atoms with Crippen molar-refractivity contribution >= 4 is 5.91 Å². The van der Waals surface area contributed by atoms with E-state index in [2.05, 4.69) is 12.2 Å². The van der Waals surface area contributed by atoms with E-state index >= 15 is 0 Å². The van der Waals surface area contributed by atoms with Gasteiger partial charge in [0.25, 0.3) is 0 Å². The number of nitrogens with one attached hydrogen (secondary N) is 1. The number of hydrogen-bond donors (Lipinski definition) is 6. The summed E-state index contributed by atoms with van der Waals surface area (Å²) in [6, 6.07) is -0.792. The van der Waals surface area contributed by atoms with E-state index in [-0.39, 0.29) is 12.5 Å². The lowest BCUT2D eigenvalue weighted by atomic mass is 9.99. The van der Waals surface area contributed by atoms with Crippen LogP contribution in [0.4, 0.5) is 0 Å². The molecule has 1 saturated heterocycles. The van der Waals surface area contributed by atoms with Gasteiger partial charge in [-0.3, -0.25) is 4.79 Å². The lowest BCUT2D eigenvalue weighted by Crippen LogP contribution is -2.60. The summed E-state index contributed by atoms with van der Waals surface area (Å²) in [5, 5.41) is 52.9.